The Balaban J connectivity index is 2.87. The number of aromatic nitrogens is 3. The molecule has 0 radical (unpaired) electrons. The predicted molar refractivity (Wildman–Crippen MR) is 64.8 cm³/mol. The highest BCUT2D eigenvalue weighted by Crippen LogP contribution is 2.05. The minimum atomic E-state index is 0.520. The van der Waals surface area contributed by atoms with Gasteiger partial charge in [-0.3, -0.25) is 5.10 Å². The number of rotatable bonds is 5. The molecule has 0 saturated heterocycles. The van der Waals surface area contributed by atoms with E-state index in [0.717, 1.165) is 25.1 Å². The Morgan fingerprint density at radius 1 is 1.47 bits per heavy atom. The molecule has 1 heterocycles. The summed E-state index contributed by atoms with van der Waals surface area (Å²) in [6.45, 7) is 6.36. The molecule has 5 heteroatoms. The van der Waals surface area contributed by atoms with Gasteiger partial charge >= 0.3 is 0 Å². The van der Waals surface area contributed by atoms with Gasteiger partial charge in [-0.1, -0.05) is 20.8 Å². The third kappa shape index (κ3) is 2.99. The van der Waals surface area contributed by atoms with Crippen molar-refractivity contribution in [1.29, 1.82) is 0 Å². The number of aromatic amines is 1. The fraction of sp³-hybridized carbons (Fsp3) is 0.700. The quantitative estimate of drug-likeness (QED) is 0.620. The van der Waals surface area contributed by atoms with Gasteiger partial charge < -0.3 is 0 Å². The summed E-state index contributed by atoms with van der Waals surface area (Å²) in [5.74, 6) is 1.40. The van der Waals surface area contributed by atoms with E-state index >= 15 is 0 Å². The highest BCUT2D eigenvalue weighted by Gasteiger charge is 2.03. The standard InChI is InChI=1S/C10H18N4S/c1-4-8(5-2)7-11-14-9(6-3)12-13-10(14)15/h7-8H,4-6H2,1-3H3,(H,13,15)/b11-7+. The SMILES string of the molecule is CCc1n[nH]c(=S)n1/N=C/C(CC)CC. The van der Waals surface area contributed by atoms with Gasteiger partial charge in [0.1, 0.15) is 0 Å². The van der Waals surface area contributed by atoms with Crippen molar-refractivity contribution in [3.8, 4) is 0 Å². The van der Waals surface area contributed by atoms with E-state index in [-0.39, 0.29) is 0 Å². The number of hydrogen-bond acceptors (Lipinski definition) is 3. The van der Waals surface area contributed by atoms with Crippen LogP contribution in [0.2, 0.25) is 0 Å². The topological polar surface area (TPSA) is 46.0 Å². The Hall–Kier alpha value is -0.970. The smallest absolute Gasteiger partial charge is 0.216 e. The first-order valence-electron chi connectivity index (χ1n) is 5.43. The van der Waals surface area contributed by atoms with Crippen LogP contribution >= 0.6 is 12.2 Å². The fourth-order valence-electron chi connectivity index (χ4n) is 1.33. The molecule has 0 bridgehead atoms. The second kappa shape index (κ2) is 5.80. The van der Waals surface area contributed by atoms with Gasteiger partial charge in [-0.05, 0) is 31.0 Å². The molecule has 4 nitrogen and oxygen atoms in total. The molecule has 1 rings (SSSR count). The maximum Gasteiger partial charge on any atom is 0.216 e. The van der Waals surface area contributed by atoms with Crippen molar-refractivity contribution in [3.05, 3.63) is 10.6 Å². The summed E-state index contributed by atoms with van der Waals surface area (Å²) in [6, 6.07) is 0. The Labute approximate surface area is 95.4 Å². The number of aryl methyl sites for hydroxylation is 1. The lowest BCUT2D eigenvalue weighted by molar-refractivity contribution is 0.644. The zero-order valence-corrected chi connectivity index (χ0v) is 10.3. The van der Waals surface area contributed by atoms with E-state index in [4.69, 9.17) is 12.2 Å². The molecular formula is C10H18N4S. The number of H-pyrrole nitrogens is 1. The summed E-state index contributed by atoms with van der Waals surface area (Å²) in [7, 11) is 0. The van der Waals surface area contributed by atoms with E-state index in [1.807, 2.05) is 13.1 Å². The minimum Gasteiger partial charge on any atom is -0.250 e. The molecule has 0 unspecified atom stereocenters. The summed E-state index contributed by atoms with van der Waals surface area (Å²) in [4.78, 5) is 0. The minimum absolute atomic E-state index is 0.520. The second-order valence-electron chi connectivity index (χ2n) is 3.45. The van der Waals surface area contributed by atoms with Crippen LogP contribution in [0.3, 0.4) is 0 Å². The molecule has 0 aliphatic rings. The van der Waals surface area contributed by atoms with Gasteiger partial charge in [-0.2, -0.15) is 14.9 Å². The highest BCUT2D eigenvalue weighted by molar-refractivity contribution is 7.71. The fourth-order valence-corrected chi connectivity index (χ4v) is 1.53. The van der Waals surface area contributed by atoms with Gasteiger partial charge in [0, 0.05) is 12.6 Å². The van der Waals surface area contributed by atoms with Crippen LogP contribution in [-0.4, -0.2) is 21.1 Å². The largest absolute Gasteiger partial charge is 0.250 e. The molecule has 0 fully saturated rings. The molecule has 0 aliphatic carbocycles. The first-order chi connectivity index (χ1) is 7.22. The Morgan fingerprint density at radius 3 is 2.67 bits per heavy atom. The van der Waals surface area contributed by atoms with Crippen LogP contribution in [-0.2, 0) is 6.42 Å². The third-order valence-corrected chi connectivity index (χ3v) is 2.74. The zero-order valence-electron chi connectivity index (χ0n) is 9.53. The Kier molecular flexibility index (Phi) is 4.68. The van der Waals surface area contributed by atoms with Crippen molar-refractivity contribution >= 4 is 18.4 Å². The van der Waals surface area contributed by atoms with Crippen LogP contribution in [0.4, 0.5) is 0 Å². The van der Waals surface area contributed by atoms with E-state index in [1.165, 1.54) is 0 Å². The van der Waals surface area contributed by atoms with Crippen molar-refractivity contribution in [3.63, 3.8) is 0 Å². The normalized spacial score (nSPS) is 11.7. The van der Waals surface area contributed by atoms with Crippen molar-refractivity contribution in [2.75, 3.05) is 0 Å². The van der Waals surface area contributed by atoms with Crippen molar-refractivity contribution in [2.45, 2.75) is 40.0 Å². The van der Waals surface area contributed by atoms with Crippen LogP contribution in [0.15, 0.2) is 5.10 Å². The molecule has 84 valence electrons. The average Bonchev–Trinajstić information content (AvgIpc) is 2.61. The molecule has 0 aliphatic heterocycles. The van der Waals surface area contributed by atoms with E-state index in [2.05, 4.69) is 29.1 Å². The Morgan fingerprint density at radius 2 is 2.13 bits per heavy atom. The molecule has 1 aromatic rings. The zero-order chi connectivity index (χ0) is 11.3. The molecule has 0 atom stereocenters. The van der Waals surface area contributed by atoms with Gasteiger partial charge in [-0.25, -0.2) is 0 Å². The summed E-state index contributed by atoms with van der Waals surface area (Å²) in [5.41, 5.74) is 0. The summed E-state index contributed by atoms with van der Waals surface area (Å²) >= 11 is 5.09. The van der Waals surface area contributed by atoms with Crippen LogP contribution in [0.5, 0.6) is 0 Å². The van der Waals surface area contributed by atoms with Crippen molar-refractivity contribution < 1.29 is 0 Å². The molecule has 0 saturated carbocycles. The van der Waals surface area contributed by atoms with Crippen LogP contribution in [0.1, 0.15) is 39.4 Å². The molecule has 15 heavy (non-hydrogen) atoms. The number of nitrogens with one attached hydrogen (secondary N) is 1. The maximum absolute atomic E-state index is 5.09. The molecule has 0 amide bonds. The van der Waals surface area contributed by atoms with Gasteiger partial charge in [-0.15, -0.1) is 0 Å². The first-order valence-corrected chi connectivity index (χ1v) is 5.84. The Bertz CT molecular complexity index is 373. The van der Waals surface area contributed by atoms with Crippen molar-refractivity contribution in [1.82, 2.24) is 14.9 Å². The van der Waals surface area contributed by atoms with E-state index in [9.17, 15) is 0 Å². The highest BCUT2D eigenvalue weighted by atomic mass is 32.1. The maximum atomic E-state index is 5.09. The first kappa shape index (κ1) is 12.1. The number of nitrogens with zero attached hydrogens (tertiary/aromatic N) is 3. The van der Waals surface area contributed by atoms with Gasteiger partial charge in [0.25, 0.3) is 0 Å². The van der Waals surface area contributed by atoms with Gasteiger partial charge in [0.15, 0.2) is 5.82 Å². The van der Waals surface area contributed by atoms with Crippen LogP contribution < -0.4 is 0 Å². The molecular weight excluding hydrogens is 208 g/mol. The van der Waals surface area contributed by atoms with Crippen molar-refractivity contribution in [2.24, 2.45) is 11.0 Å². The lowest BCUT2D eigenvalue weighted by Gasteiger charge is -2.04. The average molecular weight is 226 g/mol. The predicted octanol–water partition coefficient (Wildman–Crippen LogP) is 2.77. The lowest BCUT2D eigenvalue weighted by atomic mass is 10.1. The second-order valence-corrected chi connectivity index (χ2v) is 3.84. The van der Waals surface area contributed by atoms with Gasteiger partial charge in [0.2, 0.25) is 4.77 Å². The summed E-state index contributed by atoms with van der Waals surface area (Å²) in [5, 5.41) is 11.2. The van der Waals surface area contributed by atoms with Gasteiger partial charge in [0.05, 0.1) is 0 Å². The van der Waals surface area contributed by atoms with E-state index < -0.39 is 0 Å². The molecule has 0 aromatic carbocycles. The summed E-state index contributed by atoms with van der Waals surface area (Å²) in [6.07, 6.45) is 5.00. The summed E-state index contributed by atoms with van der Waals surface area (Å²) < 4.78 is 2.27. The molecule has 0 spiro atoms. The molecule has 1 aromatic heterocycles. The van der Waals surface area contributed by atoms with Crippen LogP contribution in [0, 0.1) is 10.7 Å². The van der Waals surface area contributed by atoms with E-state index in [0.29, 0.717) is 10.7 Å². The number of hydrogen-bond donors (Lipinski definition) is 1. The lowest BCUT2D eigenvalue weighted by Crippen LogP contribution is -2.02. The third-order valence-electron chi connectivity index (χ3n) is 2.48. The monoisotopic (exact) mass is 226 g/mol. The molecule has 1 N–H and O–H groups in total. The van der Waals surface area contributed by atoms with Crippen LogP contribution in [0.25, 0.3) is 0 Å². The van der Waals surface area contributed by atoms with E-state index in [1.54, 1.807) is 4.68 Å².